The van der Waals surface area contributed by atoms with Crippen molar-refractivity contribution < 1.29 is 34.8 Å². The Bertz CT molecular complexity index is 764. The lowest BCUT2D eigenvalue weighted by Crippen LogP contribution is -2.41. The molecule has 9 heteroatoms. The molecular formula is C16H20NO7P. The molecule has 0 fully saturated rings. The molecule has 6 N–H and O–H groups in total. The Hall–Kier alpha value is -1.96. The van der Waals surface area contributed by atoms with Crippen LogP contribution in [0, 0.1) is 5.92 Å². The largest absolute Gasteiger partial charge is 0.508 e. The minimum atomic E-state index is -4.80. The number of aromatic hydroxyl groups is 1. The number of nitrogens with zero attached hydrogens (tertiary/aromatic N) is 1. The van der Waals surface area contributed by atoms with Crippen molar-refractivity contribution in [1.29, 1.82) is 0 Å². The van der Waals surface area contributed by atoms with Gasteiger partial charge in [-0.2, -0.15) is 4.76 Å². The van der Waals surface area contributed by atoms with Crippen LogP contribution >= 0.6 is 7.75 Å². The Morgan fingerprint density at radius 2 is 1.92 bits per heavy atom. The van der Waals surface area contributed by atoms with Crippen LogP contribution in [-0.4, -0.2) is 41.7 Å². The summed E-state index contributed by atoms with van der Waals surface area (Å²) in [4.78, 5) is 18.0. The third-order valence-electron chi connectivity index (χ3n) is 3.74. The molecule has 1 unspecified atom stereocenters. The quantitative estimate of drug-likeness (QED) is 0.329. The van der Waals surface area contributed by atoms with E-state index in [-0.39, 0.29) is 23.6 Å². The molecule has 8 nitrogen and oxygen atoms in total. The highest BCUT2D eigenvalue weighted by molar-refractivity contribution is 7.50. The van der Waals surface area contributed by atoms with Gasteiger partial charge in [-0.1, -0.05) is 18.2 Å². The Balaban J connectivity index is 2.10. The van der Waals surface area contributed by atoms with Gasteiger partial charge in [-0.15, -0.1) is 0 Å². The summed E-state index contributed by atoms with van der Waals surface area (Å²) in [6.07, 6.45) is 4.14. The molecule has 0 saturated heterocycles. The van der Waals surface area contributed by atoms with Gasteiger partial charge in [-0.3, -0.25) is 0 Å². The van der Waals surface area contributed by atoms with Crippen molar-refractivity contribution in [2.45, 2.75) is 25.0 Å². The zero-order valence-electron chi connectivity index (χ0n) is 13.2. The van der Waals surface area contributed by atoms with Gasteiger partial charge in [0.2, 0.25) is 0 Å². The Kier molecular flexibility index (Phi) is 5.82. The van der Waals surface area contributed by atoms with Crippen molar-refractivity contribution in [2.75, 3.05) is 0 Å². The fourth-order valence-corrected chi connectivity index (χ4v) is 3.12. The average molecular weight is 369 g/mol. The van der Waals surface area contributed by atoms with E-state index in [0.717, 1.165) is 11.6 Å². The van der Waals surface area contributed by atoms with Crippen LogP contribution in [0.15, 0.2) is 53.0 Å². The number of benzene rings is 1. The first-order valence-electron chi connectivity index (χ1n) is 7.54. The lowest BCUT2D eigenvalue weighted by molar-refractivity contribution is -0.179. The third kappa shape index (κ3) is 5.81. The standard InChI is InChI=1S/C16H20NO7P/c18-12-5-1-3-11(9-12)4-2-8-16(20,21)14-7-6-13(19)10-15(14)17-25(22,23)24/h1,3,5-7,9-10,14,18-21H,2,4,8H2,(H2,22,23,24). The van der Waals surface area contributed by atoms with Crippen LogP contribution in [0.2, 0.25) is 0 Å². The molecule has 1 aliphatic rings. The second kappa shape index (κ2) is 7.51. The first-order valence-corrected chi connectivity index (χ1v) is 9.10. The predicted molar refractivity (Wildman–Crippen MR) is 91.0 cm³/mol. The van der Waals surface area contributed by atoms with E-state index in [1.54, 1.807) is 18.2 Å². The molecular weight excluding hydrogens is 349 g/mol. The van der Waals surface area contributed by atoms with Crippen LogP contribution in [0.5, 0.6) is 5.75 Å². The van der Waals surface area contributed by atoms with E-state index in [4.69, 9.17) is 9.79 Å². The van der Waals surface area contributed by atoms with Gasteiger partial charge in [0.1, 0.15) is 11.5 Å². The highest BCUT2D eigenvalue weighted by Crippen LogP contribution is 2.39. The van der Waals surface area contributed by atoms with Gasteiger partial charge in [0, 0.05) is 12.5 Å². The van der Waals surface area contributed by atoms with Crippen molar-refractivity contribution in [1.82, 2.24) is 0 Å². The van der Waals surface area contributed by atoms with E-state index in [2.05, 4.69) is 4.76 Å². The van der Waals surface area contributed by atoms with E-state index in [1.807, 2.05) is 0 Å². The van der Waals surface area contributed by atoms with Crippen molar-refractivity contribution in [3.8, 4) is 5.75 Å². The van der Waals surface area contributed by atoms with E-state index < -0.39 is 19.5 Å². The van der Waals surface area contributed by atoms with Crippen LogP contribution in [-0.2, 0) is 11.0 Å². The molecule has 1 aromatic rings. The average Bonchev–Trinajstić information content (AvgIpc) is 2.45. The molecule has 0 heterocycles. The minimum absolute atomic E-state index is 0.105. The summed E-state index contributed by atoms with van der Waals surface area (Å²) >= 11 is 0. The maximum atomic E-state index is 11.1. The Morgan fingerprint density at radius 3 is 2.56 bits per heavy atom. The maximum absolute atomic E-state index is 11.1. The number of aryl methyl sites for hydroxylation is 1. The molecule has 136 valence electrons. The van der Waals surface area contributed by atoms with E-state index in [9.17, 15) is 25.0 Å². The number of hydrogen-bond acceptors (Lipinski definition) is 5. The topological polar surface area (TPSA) is 151 Å². The van der Waals surface area contributed by atoms with Crippen LogP contribution in [0.4, 0.5) is 0 Å². The summed E-state index contributed by atoms with van der Waals surface area (Å²) in [5.41, 5.74) is 0.507. The smallest absolute Gasteiger partial charge is 0.448 e. The lowest BCUT2D eigenvalue weighted by atomic mass is 9.86. The number of allylic oxidation sites excluding steroid dienone is 2. The van der Waals surface area contributed by atoms with Gasteiger partial charge < -0.3 is 30.2 Å². The highest BCUT2D eigenvalue weighted by atomic mass is 31.2. The summed E-state index contributed by atoms with van der Waals surface area (Å²) in [5.74, 6) is -3.68. The van der Waals surface area contributed by atoms with Gasteiger partial charge in [-0.05, 0) is 36.6 Å². The van der Waals surface area contributed by atoms with Crippen LogP contribution in [0.1, 0.15) is 18.4 Å². The van der Waals surface area contributed by atoms with Gasteiger partial charge in [0.25, 0.3) is 0 Å². The van der Waals surface area contributed by atoms with Gasteiger partial charge >= 0.3 is 7.75 Å². The second-order valence-corrected chi connectivity index (χ2v) is 7.07. The lowest BCUT2D eigenvalue weighted by Gasteiger charge is -2.31. The summed E-state index contributed by atoms with van der Waals surface area (Å²) in [7, 11) is -4.80. The molecule has 0 spiro atoms. The maximum Gasteiger partial charge on any atom is 0.448 e. The van der Waals surface area contributed by atoms with Crippen molar-refractivity contribution >= 4 is 13.5 Å². The number of rotatable bonds is 6. The molecule has 1 aliphatic carbocycles. The first-order chi connectivity index (χ1) is 11.6. The Labute approximate surface area is 144 Å². The van der Waals surface area contributed by atoms with Crippen molar-refractivity contribution in [3.05, 3.63) is 53.8 Å². The number of aliphatic hydroxyl groups excluding tert-OH is 1. The molecule has 0 radical (unpaired) electrons. The molecule has 0 saturated carbocycles. The summed E-state index contributed by atoms with van der Waals surface area (Å²) in [5, 5.41) is 39.6. The number of phenolic OH excluding ortho intramolecular Hbond substituents is 1. The zero-order valence-corrected chi connectivity index (χ0v) is 14.1. The number of phenols is 1. The molecule has 1 atom stereocenters. The van der Waals surface area contributed by atoms with Crippen molar-refractivity contribution in [2.24, 2.45) is 10.7 Å². The Morgan fingerprint density at radius 1 is 1.20 bits per heavy atom. The SMILES string of the molecule is O=P(O)(O)N=C1C=C(O)C=CC1C(O)(O)CCCc1cccc(O)c1. The van der Waals surface area contributed by atoms with Gasteiger partial charge in [0.15, 0.2) is 5.79 Å². The molecule has 0 aliphatic heterocycles. The monoisotopic (exact) mass is 369 g/mol. The summed E-state index contributed by atoms with van der Waals surface area (Å²) < 4.78 is 14.3. The molecule has 0 bridgehead atoms. The van der Waals surface area contributed by atoms with Crippen LogP contribution in [0.3, 0.4) is 0 Å². The molecule has 0 aromatic heterocycles. The first kappa shape index (κ1) is 19.4. The van der Waals surface area contributed by atoms with Gasteiger partial charge in [-0.25, -0.2) is 4.57 Å². The normalized spacial score (nSPS) is 19.9. The fraction of sp³-hybridized carbons (Fsp3) is 0.312. The predicted octanol–water partition coefficient (Wildman–Crippen LogP) is 1.56. The van der Waals surface area contributed by atoms with E-state index in [0.29, 0.717) is 12.8 Å². The third-order valence-corrected chi connectivity index (χ3v) is 4.23. The zero-order chi connectivity index (χ0) is 18.7. The number of hydrogen-bond donors (Lipinski definition) is 6. The van der Waals surface area contributed by atoms with Crippen LogP contribution in [0.25, 0.3) is 0 Å². The van der Waals surface area contributed by atoms with Crippen LogP contribution < -0.4 is 0 Å². The second-order valence-electron chi connectivity index (χ2n) is 5.85. The van der Waals surface area contributed by atoms with E-state index >= 15 is 0 Å². The molecule has 2 rings (SSSR count). The van der Waals surface area contributed by atoms with E-state index in [1.165, 1.54) is 18.2 Å². The summed E-state index contributed by atoms with van der Waals surface area (Å²) in [6.45, 7) is 0. The number of aliphatic hydroxyl groups is 3. The fourth-order valence-electron chi connectivity index (χ4n) is 2.64. The minimum Gasteiger partial charge on any atom is -0.508 e. The highest BCUT2D eigenvalue weighted by Gasteiger charge is 2.37. The molecule has 0 amide bonds. The molecule has 1 aromatic carbocycles. The van der Waals surface area contributed by atoms with Crippen molar-refractivity contribution in [3.63, 3.8) is 0 Å². The molecule has 25 heavy (non-hydrogen) atoms. The van der Waals surface area contributed by atoms with Gasteiger partial charge in [0.05, 0.1) is 11.6 Å². The summed E-state index contributed by atoms with van der Waals surface area (Å²) in [6, 6.07) is 6.57.